The van der Waals surface area contributed by atoms with Crippen LogP contribution in [0.4, 0.5) is 5.69 Å². The van der Waals surface area contributed by atoms with Crippen molar-refractivity contribution in [2.75, 3.05) is 10.8 Å². The van der Waals surface area contributed by atoms with Crippen molar-refractivity contribution in [2.45, 2.75) is 13.3 Å². The normalized spacial score (nSPS) is 15.4. The van der Waals surface area contributed by atoms with Gasteiger partial charge in [-0.25, -0.2) is 0 Å². The monoisotopic (exact) mass is 241 g/mol. The molecule has 0 aliphatic carbocycles. The third kappa shape index (κ3) is 2.07. The summed E-state index contributed by atoms with van der Waals surface area (Å²) < 4.78 is 30.3. The average Bonchev–Trinajstić information content (AvgIpc) is 2.40. The van der Waals surface area contributed by atoms with E-state index in [-0.39, 0.29) is 12.3 Å². The molecule has 0 aromatic heterocycles. The number of carbonyl (C=O) groups is 1. The van der Waals surface area contributed by atoms with Crippen LogP contribution in [-0.2, 0) is 21.3 Å². The van der Waals surface area contributed by atoms with Gasteiger partial charge >= 0.3 is 0 Å². The Morgan fingerprint density at radius 3 is 2.75 bits per heavy atom. The van der Waals surface area contributed by atoms with E-state index in [1.165, 1.54) is 0 Å². The summed E-state index contributed by atoms with van der Waals surface area (Å²) >= 11 is 0. The zero-order valence-electron chi connectivity index (χ0n) is 8.67. The highest BCUT2D eigenvalue weighted by Crippen LogP contribution is 2.29. The van der Waals surface area contributed by atoms with Crippen molar-refractivity contribution < 1.29 is 17.8 Å². The van der Waals surface area contributed by atoms with Crippen molar-refractivity contribution >= 4 is 21.7 Å². The van der Waals surface area contributed by atoms with Gasteiger partial charge in [0.1, 0.15) is 0 Å². The summed E-state index contributed by atoms with van der Waals surface area (Å²) in [6, 6.07) is 5.34. The maximum atomic E-state index is 11.6. The van der Waals surface area contributed by atoms with Gasteiger partial charge in [-0.3, -0.25) is 14.2 Å². The second kappa shape index (κ2) is 3.57. The minimum atomic E-state index is -4.19. The van der Waals surface area contributed by atoms with Gasteiger partial charge in [0.05, 0.1) is 6.42 Å². The highest BCUT2D eigenvalue weighted by atomic mass is 32.2. The number of fused-ring (bicyclic) bond motifs is 1. The molecule has 0 unspecified atom stereocenters. The van der Waals surface area contributed by atoms with E-state index in [2.05, 4.69) is 0 Å². The molecule has 0 fully saturated rings. The van der Waals surface area contributed by atoms with E-state index < -0.39 is 16.0 Å². The summed E-state index contributed by atoms with van der Waals surface area (Å²) in [6.45, 7) is 1.90. The van der Waals surface area contributed by atoms with Crippen LogP contribution < -0.4 is 4.90 Å². The van der Waals surface area contributed by atoms with E-state index in [4.69, 9.17) is 4.55 Å². The summed E-state index contributed by atoms with van der Waals surface area (Å²) in [5.41, 5.74) is 2.38. The van der Waals surface area contributed by atoms with Crippen LogP contribution in [-0.4, -0.2) is 24.8 Å². The molecule has 1 amide bonds. The lowest BCUT2D eigenvalue weighted by atomic mass is 10.1. The first-order valence-corrected chi connectivity index (χ1v) is 6.33. The van der Waals surface area contributed by atoms with Crippen LogP contribution in [0.5, 0.6) is 0 Å². The number of amides is 1. The molecule has 0 bridgehead atoms. The van der Waals surface area contributed by atoms with E-state index >= 15 is 0 Å². The fourth-order valence-corrected chi connectivity index (χ4v) is 2.43. The van der Waals surface area contributed by atoms with Gasteiger partial charge in [0.15, 0.2) is 5.88 Å². The van der Waals surface area contributed by atoms with Crippen molar-refractivity contribution in [3.63, 3.8) is 0 Å². The molecule has 1 aliphatic rings. The molecule has 0 atom stereocenters. The van der Waals surface area contributed by atoms with Crippen LogP contribution in [0.15, 0.2) is 18.2 Å². The number of rotatable bonds is 2. The molecular formula is C10H11NO4S. The highest BCUT2D eigenvalue weighted by molar-refractivity contribution is 7.85. The molecule has 16 heavy (non-hydrogen) atoms. The van der Waals surface area contributed by atoms with Crippen molar-refractivity contribution in [2.24, 2.45) is 0 Å². The predicted molar refractivity (Wildman–Crippen MR) is 58.8 cm³/mol. The summed E-state index contributed by atoms with van der Waals surface area (Å²) in [6.07, 6.45) is 0.187. The number of hydrogen-bond donors (Lipinski definition) is 1. The minimum absolute atomic E-state index is 0.187. The zero-order valence-corrected chi connectivity index (χ0v) is 9.49. The Hall–Kier alpha value is -1.40. The lowest BCUT2D eigenvalue weighted by molar-refractivity contribution is -0.117. The SMILES string of the molecule is Cc1ccc2c(c1)CC(=O)N2CS(=O)(=O)O. The maximum absolute atomic E-state index is 11.6. The van der Waals surface area contributed by atoms with Crippen molar-refractivity contribution in [1.82, 2.24) is 0 Å². The molecule has 1 heterocycles. The van der Waals surface area contributed by atoms with Crippen LogP contribution in [0.25, 0.3) is 0 Å². The fourth-order valence-electron chi connectivity index (χ4n) is 1.82. The molecule has 1 aromatic rings. The molecule has 6 heteroatoms. The summed E-state index contributed by atoms with van der Waals surface area (Å²) in [4.78, 5) is 12.7. The van der Waals surface area contributed by atoms with Crippen molar-refractivity contribution in [1.29, 1.82) is 0 Å². The Bertz CT molecular complexity index is 550. The molecule has 0 radical (unpaired) electrons. The van der Waals surface area contributed by atoms with Crippen LogP contribution in [0.3, 0.4) is 0 Å². The number of benzene rings is 1. The lowest BCUT2D eigenvalue weighted by Gasteiger charge is -2.15. The Balaban J connectivity index is 2.40. The number of aryl methyl sites for hydroxylation is 1. The molecule has 86 valence electrons. The molecule has 0 saturated carbocycles. The Morgan fingerprint density at radius 2 is 2.12 bits per heavy atom. The van der Waals surface area contributed by atoms with Gasteiger partial charge in [0, 0.05) is 5.69 Å². The summed E-state index contributed by atoms with van der Waals surface area (Å²) in [7, 11) is -4.19. The Kier molecular flexibility index (Phi) is 2.47. The van der Waals surface area contributed by atoms with Gasteiger partial charge in [-0.2, -0.15) is 8.42 Å². The number of carbonyl (C=O) groups excluding carboxylic acids is 1. The Labute approximate surface area is 93.4 Å². The van der Waals surface area contributed by atoms with Gasteiger partial charge in [0.2, 0.25) is 5.91 Å². The van der Waals surface area contributed by atoms with E-state index in [1.54, 1.807) is 12.1 Å². The van der Waals surface area contributed by atoms with Crippen LogP contribution >= 0.6 is 0 Å². The lowest BCUT2D eigenvalue weighted by Crippen LogP contribution is -2.32. The molecule has 0 saturated heterocycles. The molecular weight excluding hydrogens is 230 g/mol. The van der Waals surface area contributed by atoms with Crippen LogP contribution in [0.2, 0.25) is 0 Å². The van der Waals surface area contributed by atoms with Crippen LogP contribution in [0, 0.1) is 6.92 Å². The molecule has 2 rings (SSSR count). The third-order valence-corrected chi connectivity index (χ3v) is 3.05. The van der Waals surface area contributed by atoms with Gasteiger partial charge in [-0.05, 0) is 18.6 Å². The van der Waals surface area contributed by atoms with E-state index in [0.717, 1.165) is 16.0 Å². The molecule has 5 nitrogen and oxygen atoms in total. The van der Waals surface area contributed by atoms with E-state index in [0.29, 0.717) is 5.69 Å². The average molecular weight is 241 g/mol. The van der Waals surface area contributed by atoms with Crippen molar-refractivity contribution in [3.8, 4) is 0 Å². The number of hydrogen-bond acceptors (Lipinski definition) is 3. The van der Waals surface area contributed by atoms with E-state index in [1.807, 2.05) is 13.0 Å². The highest BCUT2D eigenvalue weighted by Gasteiger charge is 2.29. The third-order valence-electron chi connectivity index (χ3n) is 2.46. The minimum Gasteiger partial charge on any atom is -0.294 e. The van der Waals surface area contributed by atoms with Crippen LogP contribution in [0.1, 0.15) is 11.1 Å². The van der Waals surface area contributed by atoms with Gasteiger partial charge in [-0.1, -0.05) is 17.7 Å². The Morgan fingerprint density at radius 1 is 1.44 bits per heavy atom. The van der Waals surface area contributed by atoms with Gasteiger partial charge < -0.3 is 0 Å². The number of nitrogens with zero attached hydrogens (tertiary/aromatic N) is 1. The second-order valence-electron chi connectivity index (χ2n) is 3.84. The zero-order chi connectivity index (χ0) is 11.9. The molecule has 1 aliphatic heterocycles. The first-order chi connectivity index (χ1) is 7.37. The fraction of sp³-hybridized carbons (Fsp3) is 0.300. The van der Waals surface area contributed by atoms with Gasteiger partial charge in [0.25, 0.3) is 10.1 Å². The predicted octanol–water partition coefficient (Wildman–Crippen LogP) is 0.729. The summed E-state index contributed by atoms with van der Waals surface area (Å²) in [5.74, 6) is -0.986. The molecule has 1 aromatic carbocycles. The largest absolute Gasteiger partial charge is 0.294 e. The maximum Gasteiger partial charge on any atom is 0.283 e. The van der Waals surface area contributed by atoms with Crippen molar-refractivity contribution in [3.05, 3.63) is 29.3 Å². The second-order valence-corrected chi connectivity index (χ2v) is 5.26. The van der Waals surface area contributed by atoms with E-state index in [9.17, 15) is 13.2 Å². The smallest absolute Gasteiger partial charge is 0.283 e. The first kappa shape index (κ1) is 11.1. The molecule has 1 N–H and O–H groups in total. The topological polar surface area (TPSA) is 74.7 Å². The standard InChI is InChI=1S/C10H11NO4S/c1-7-2-3-9-8(4-7)5-10(12)11(9)6-16(13,14)15/h2-4H,5-6H2,1H3,(H,13,14,15). The molecule has 0 spiro atoms. The van der Waals surface area contributed by atoms with Gasteiger partial charge in [-0.15, -0.1) is 0 Å². The quantitative estimate of drug-likeness (QED) is 0.774. The first-order valence-electron chi connectivity index (χ1n) is 4.72. The summed E-state index contributed by atoms with van der Waals surface area (Å²) in [5, 5.41) is 0. The number of anilines is 1.